The first-order valence-electron chi connectivity index (χ1n) is 12.3. The normalized spacial score (nSPS) is 12.6. The highest BCUT2D eigenvalue weighted by molar-refractivity contribution is 4.60. The largest absolute Gasteiger partial charge is 0.0654 e. The fraction of sp³-hybridized carbons (Fsp3) is 1.00. The van der Waals surface area contributed by atoms with Crippen molar-refractivity contribution in [2.75, 3.05) is 0 Å². The van der Waals surface area contributed by atoms with Crippen LogP contribution in [0.4, 0.5) is 0 Å². The topological polar surface area (TPSA) is 0 Å². The highest BCUT2D eigenvalue weighted by Crippen LogP contribution is 2.23. The van der Waals surface area contributed by atoms with Gasteiger partial charge in [0.05, 0.1) is 0 Å². The lowest BCUT2D eigenvalue weighted by Gasteiger charge is -2.15. The summed E-state index contributed by atoms with van der Waals surface area (Å²) in [5.41, 5.74) is 0. The summed E-state index contributed by atoms with van der Waals surface area (Å²) in [4.78, 5) is 0. The SMILES string of the molecule is CCCCCCCCCCCCCCCC(CCC)CCCCCC. The zero-order valence-electron chi connectivity index (χ0n) is 18.4. The van der Waals surface area contributed by atoms with E-state index in [1.54, 1.807) is 0 Å². The molecule has 152 valence electrons. The Morgan fingerprint density at radius 3 is 1.00 bits per heavy atom. The molecule has 1 atom stereocenters. The van der Waals surface area contributed by atoms with Crippen LogP contribution in [0.1, 0.15) is 156 Å². The molecule has 0 aromatic rings. The molecule has 0 bridgehead atoms. The quantitative estimate of drug-likeness (QED) is 0.180. The van der Waals surface area contributed by atoms with E-state index >= 15 is 0 Å². The van der Waals surface area contributed by atoms with Gasteiger partial charge >= 0.3 is 0 Å². The van der Waals surface area contributed by atoms with Crippen molar-refractivity contribution in [2.24, 2.45) is 5.92 Å². The summed E-state index contributed by atoms with van der Waals surface area (Å²) in [6, 6.07) is 0. The maximum absolute atomic E-state index is 2.36. The molecule has 0 aliphatic carbocycles. The molecule has 0 N–H and O–H groups in total. The molecule has 0 rings (SSSR count). The molecule has 0 fully saturated rings. The second-order valence-electron chi connectivity index (χ2n) is 8.54. The van der Waals surface area contributed by atoms with Gasteiger partial charge < -0.3 is 0 Å². The summed E-state index contributed by atoms with van der Waals surface area (Å²) >= 11 is 0. The summed E-state index contributed by atoms with van der Waals surface area (Å²) in [7, 11) is 0. The van der Waals surface area contributed by atoms with Gasteiger partial charge in [0.15, 0.2) is 0 Å². The summed E-state index contributed by atoms with van der Waals surface area (Å²) < 4.78 is 0. The van der Waals surface area contributed by atoms with Crippen LogP contribution in [-0.2, 0) is 0 Å². The highest BCUT2D eigenvalue weighted by Gasteiger charge is 2.07. The first kappa shape index (κ1) is 25.0. The van der Waals surface area contributed by atoms with Gasteiger partial charge in [-0.1, -0.05) is 156 Å². The maximum atomic E-state index is 2.36. The molecule has 1 unspecified atom stereocenters. The van der Waals surface area contributed by atoms with E-state index in [1.165, 1.54) is 135 Å². The Morgan fingerprint density at radius 1 is 0.320 bits per heavy atom. The van der Waals surface area contributed by atoms with Gasteiger partial charge in [0.2, 0.25) is 0 Å². The van der Waals surface area contributed by atoms with Crippen LogP contribution in [0, 0.1) is 5.92 Å². The Morgan fingerprint density at radius 2 is 0.640 bits per heavy atom. The van der Waals surface area contributed by atoms with E-state index in [2.05, 4.69) is 20.8 Å². The summed E-state index contributed by atoms with van der Waals surface area (Å²) in [5, 5.41) is 0. The fourth-order valence-electron chi connectivity index (χ4n) is 4.15. The van der Waals surface area contributed by atoms with E-state index in [1.807, 2.05) is 0 Å². The molecule has 0 heterocycles. The minimum absolute atomic E-state index is 1.04. The van der Waals surface area contributed by atoms with Gasteiger partial charge in [0.1, 0.15) is 0 Å². The van der Waals surface area contributed by atoms with Gasteiger partial charge in [-0.2, -0.15) is 0 Å². The van der Waals surface area contributed by atoms with Gasteiger partial charge in [0, 0.05) is 0 Å². The van der Waals surface area contributed by atoms with Crippen molar-refractivity contribution in [1.82, 2.24) is 0 Å². The third-order valence-electron chi connectivity index (χ3n) is 5.88. The second kappa shape index (κ2) is 22.0. The average Bonchev–Trinajstić information content (AvgIpc) is 2.62. The molecule has 0 aromatic carbocycles. The van der Waals surface area contributed by atoms with Gasteiger partial charge in [-0.15, -0.1) is 0 Å². The van der Waals surface area contributed by atoms with Gasteiger partial charge in [0.25, 0.3) is 0 Å². The van der Waals surface area contributed by atoms with Crippen LogP contribution in [-0.4, -0.2) is 0 Å². The minimum atomic E-state index is 1.04. The van der Waals surface area contributed by atoms with Crippen LogP contribution >= 0.6 is 0 Å². The molecule has 0 aliphatic rings. The number of unbranched alkanes of at least 4 members (excludes halogenated alkanes) is 15. The number of hydrogen-bond acceptors (Lipinski definition) is 0. The molecular formula is C25H52. The minimum Gasteiger partial charge on any atom is -0.0654 e. The molecule has 0 saturated heterocycles. The van der Waals surface area contributed by atoms with E-state index in [4.69, 9.17) is 0 Å². The molecule has 0 amide bonds. The van der Waals surface area contributed by atoms with Crippen LogP contribution in [0.3, 0.4) is 0 Å². The molecule has 0 heteroatoms. The lowest BCUT2D eigenvalue weighted by molar-refractivity contribution is 0.378. The smallest absolute Gasteiger partial charge is 0.0414 e. The molecule has 0 saturated carbocycles. The molecule has 0 nitrogen and oxygen atoms in total. The third-order valence-corrected chi connectivity index (χ3v) is 5.88. The first-order chi connectivity index (χ1) is 12.3. The van der Waals surface area contributed by atoms with Crippen LogP contribution < -0.4 is 0 Å². The molecule has 0 radical (unpaired) electrons. The molecule has 25 heavy (non-hydrogen) atoms. The number of hydrogen-bond donors (Lipinski definition) is 0. The number of rotatable bonds is 21. The Balaban J connectivity index is 3.30. The predicted octanol–water partition coefficient (Wildman–Crippen LogP) is 9.85. The van der Waals surface area contributed by atoms with E-state index in [9.17, 15) is 0 Å². The van der Waals surface area contributed by atoms with E-state index in [-0.39, 0.29) is 0 Å². The standard InChI is InChI=1S/C25H52/c1-4-7-9-11-12-13-14-15-16-17-18-19-21-24-25(22-6-3)23-20-10-8-5-2/h25H,4-24H2,1-3H3. The first-order valence-corrected chi connectivity index (χ1v) is 12.3. The van der Waals surface area contributed by atoms with Crippen LogP contribution in [0.5, 0.6) is 0 Å². The van der Waals surface area contributed by atoms with Crippen molar-refractivity contribution in [3.8, 4) is 0 Å². The van der Waals surface area contributed by atoms with E-state index in [0.717, 1.165) is 5.92 Å². The monoisotopic (exact) mass is 352 g/mol. The van der Waals surface area contributed by atoms with Crippen molar-refractivity contribution in [1.29, 1.82) is 0 Å². The van der Waals surface area contributed by atoms with Crippen LogP contribution in [0.25, 0.3) is 0 Å². The van der Waals surface area contributed by atoms with Crippen molar-refractivity contribution < 1.29 is 0 Å². The lowest BCUT2D eigenvalue weighted by atomic mass is 9.91. The average molecular weight is 353 g/mol. The van der Waals surface area contributed by atoms with Gasteiger partial charge in [-0.25, -0.2) is 0 Å². The zero-order chi connectivity index (χ0) is 18.4. The van der Waals surface area contributed by atoms with Crippen molar-refractivity contribution >= 4 is 0 Å². The van der Waals surface area contributed by atoms with E-state index in [0.29, 0.717) is 0 Å². The van der Waals surface area contributed by atoms with Crippen molar-refractivity contribution in [3.63, 3.8) is 0 Å². The van der Waals surface area contributed by atoms with Crippen LogP contribution in [0.15, 0.2) is 0 Å². The molecule has 0 aromatic heterocycles. The molecule has 0 spiro atoms. The fourth-order valence-corrected chi connectivity index (χ4v) is 4.15. The van der Waals surface area contributed by atoms with Gasteiger partial charge in [-0.3, -0.25) is 0 Å². The summed E-state index contributed by atoms with van der Waals surface area (Å²) in [6.07, 6.45) is 30.8. The maximum Gasteiger partial charge on any atom is -0.0414 e. The highest BCUT2D eigenvalue weighted by atomic mass is 14.1. The Kier molecular flexibility index (Phi) is 22.0. The van der Waals surface area contributed by atoms with E-state index < -0.39 is 0 Å². The summed E-state index contributed by atoms with van der Waals surface area (Å²) in [6.45, 7) is 6.98. The van der Waals surface area contributed by atoms with Gasteiger partial charge in [-0.05, 0) is 5.92 Å². The third kappa shape index (κ3) is 20.2. The van der Waals surface area contributed by atoms with Crippen molar-refractivity contribution in [3.05, 3.63) is 0 Å². The lowest BCUT2D eigenvalue weighted by Crippen LogP contribution is -2.00. The zero-order valence-corrected chi connectivity index (χ0v) is 18.4. The Hall–Kier alpha value is 0. The van der Waals surface area contributed by atoms with Crippen molar-refractivity contribution in [2.45, 2.75) is 156 Å². The molecule has 0 aliphatic heterocycles. The Labute approximate surface area is 161 Å². The Bertz CT molecular complexity index is 220. The second-order valence-corrected chi connectivity index (χ2v) is 8.54. The molecular weight excluding hydrogens is 300 g/mol. The van der Waals surface area contributed by atoms with Crippen LogP contribution in [0.2, 0.25) is 0 Å². The predicted molar refractivity (Wildman–Crippen MR) is 117 cm³/mol. The summed E-state index contributed by atoms with van der Waals surface area (Å²) in [5.74, 6) is 1.04.